The number of anilines is 1. The molecule has 0 bridgehead atoms. The molecule has 4 aromatic rings. The third-order valence-corrected chi connectivity index (χ3v) is 5.59. The second-order valence-corrected chi connectivity index (χ2v) is 7.96. The van der Waals surface area contributed by atoms with Crippen molar-refractivity contribution in [1.82, 2.24) is 9.78 Å². The first-order chi connectivity index (χ1) is 16.8. The molecule has 0 saturated carbocycles. The molecular formula is C28H25N3O3. The predicted octanol–water partition coefficient (Wildman–Crippen LogP) is 5.06. The van der Waals surface area contributed by atoms with Crippen LogP contribution in [0.1, 0.15) is 21.5 Å². The maximum absolute atomic E-state index is 13.6. The molecule has 1 aliphatic rings. The van der Waals surface area contributed by atoms with Gasteiger partial charge in [-0.2, -0.15) is 5.10 Å². The highest BCUT2D eigenvalue weighted by Crippen LogP contribution is 2.34. The van der Waals surface area contributed by atoms with Crippen LogP contribution in [0.3, 0.4) is 0 Å². The Hall–Kier alpha value is -4.32. The van der Waals surface area contributed by atoms with E-state index < -0.39 is 0 Å². The van der Waals surface area contributed by atoms with E-state index in [0.717, 1.165) is 16.8 Å². The van der Waals surface area contributed by atoms with Crippen molar-refractivity contribution in [1.29, 1.82) is 0 Å². The average Bonchev–Trinajstić information content (AvgIpc) is 3.40. The van der Waals surface area contributed by atoms with Gasteiger partial charge in [-0.15, -0.1) is 0 Å². The van der Waals surface area contributed by atoms with Gasteiger partial charge in [0.15, 0.2) is 11.5 Å². The van der Waals surface area contributed by atoms with Gasteiger partial charge in [0.2, 0.25) is 0 Å². The lowest BCUT2D eigenvalue weighted by Crippen LogP contribution is -2.31. The molecular weight excluding hydrogens is 426 g/mol. The quantitative estimate of drug-likeness (QED) is 0.394. The zero-order valence-corrected chi connectivity index (χ0v) is 18.7. The molecule has 0 radical (unpaired) electrons. The third kappa shape index (κ3) is 5.02. The molecule has 0 fully saturated rings. The number of nitrogens with zero attached hydrogens (tertiary/aromatic N) is 3. The normalized spacial score (nSPS) is 12.6. The lowest BCUT2D eigenvalue weighted by Gasteiger charge is -2.25. The van der Waals surface area contributed by atoms with Crippen LogP contribution in [0.25, 0.3) is 6.08 Å². The zero-order valence-electron chi connectivity index (χ0n) is 18.7. The smallest absolute Gasteiger partial charge is 0.258 e. The lowest BCUT2D eigenvalue weighted by atomic mass is 10.1. The van der Waals surface area contributed by atoms with Gasteiger partial charge in [-0.25, -0.2) is 0 Å². The minimum Gasteiger partial charge on any atom is -0.486 e. The molecule has 1 aromatic heterocycles. The van der Waals surface area contributed by atoms with E-state index >= 15 is 0 Å². The Morgan fingerprint density at radius 2 is 1.74 bits per heavy atom. The summed E-state index contributed by atoms with van der Waals surface area (Å²) in [7, 11) is 0. The monoisotopic (exact) mass is 451 g/mol. The highest BCUT2D eigenvalue weighted by atomic mass is 16.6. The van der Waals surface area contributed by atoms with Crippen molar-refractivity contribution in [2.24, 2.45) is 0 Å². The molecule has 0 aliphatic carbocycles. The number of hydrogen-bond acceptors (Lipinski definition) is 4. The molecule has 0 saturated heterocycles. The van der Waals surface area contributed by atoms with Crippen LogP contribution >= 0.6 is 0 Å². The van der Waals surface area contributed by atoms with Crippen LogP contribution in [0.2, 0.25) is 0 Å². The van der Waals surface area contributed by atoms with Crippen molar-refractivity contribution in [3.05, 3.63) is 114 Å². The van der Waals surface area contributed by atoms with Crippen molar-refractivity contribution in [3.63, 3.8) is 0 Å². The van der Waals surface area contributed by atoms with E-state index in [1.165, 1.54) is 0 Å². The van der Waals surface area contributed by atoms with Crippen LogP contribution in [0.4, 0.5) is 5.69 Å². The maximum atomic E-state index is 13.6. The van der Waals surface area contributed by atoms with Crippen LogP contribution in [0.15, 0.2) is 97.3 Å². The topological polar surface area (TPSA) is 56.6 Å². The Kier molecular flexibility index (Phi) is 6.38. The second kappa shape index (κ2) is 10.1. The van der Waals surface area contributed by atoms with Crippen LogP contribution < -0.4 is 14.4 Å². The van der Waals surface area contributed by atoms with E-state index in [2.05, 4.69) is 5.10 Å². The highest BCUT2D eigenvalue weighted by Gasteiger charge is 2.20. The summed E-state index contributed by atoms with van der Waals surface area (Å²) in [6.45, 7) is 2.10. The fourth-order valence-corrected chi connectivity index (χ4v) is 3.85. The van der Waals surface area contributed by atoms with Gasteiger partial charge in [-0.1, -0.05) is 54.6 Å². The fourth-order valence-electron chi connectivity index (χ4n) is 3.85. The summed E-state index contributed by atoms with van der Waals surface area (Å²) < 4.78 is 13.3. The van der Waals surface area contributed by atoms with Crippen LogP contribution in [-0.2, 0) is 6.54 Å². The number of fused-ring (bicyclic) bond motifs is 1. The molecule has 34 heavy (non-hydrogen) atoms. The summed E-state index contributed by atoms with van der Waals surface area (Å²) in [5.41, 5.74) is 3.54. The highest BCUT2D eigenvalue weighted by molar-refractivity contribution is 6.06. The van der Waals surface area contributed by atoms with Gasteiger partial charge in [-0.3, -0.25) is 9.48 Å². The minimum absolute atomic E-state index is 0.0833. The molecule has 0 spiro atoms. The van der Waals surface area contributed by atoms with E-state index in [0.29, 0.717) is 43.4 Å². The SMILES string of the molecule is O=C(c1ccc(Cn2cccn2)cc1)N(CC=Cc1ccccc1)c1ccc2c(c1)OCCO2. The summed E-state index contributed by atoms with van der Waals surface area (Å²) in [5.74, 6) is 1.27. The van der Waals surface area contributed by atoms with E-state index in [1.54, 1.807) is 11.1 Å². The van der Waals surface area contributed by atoms with E-state index in [9.17, 15) is 4.79 Å². The summed E-state index contributed by atoms with van der Waals surface area (Å²) >= 11 is 0. The predicted molar refractivity (Wildman–Crippen MR) is 132 cm³/mol. The molecule has 0 N–H and O–H groups in total. The molecule has 170 valence electrons. The minimum atomic E-state index is -0.0833. The van der Waals surface area contributed by atoms with Crippen LogP contribution in [-0.4, -0.2) is 35.4 Å². The number of benzene rings is 3. The summed E-state index contributed by atoms with van der Waals surface area (Å²) in [6, 6.07) is 25.2. The van der Waals surface area contributed by atoms with Crippen molar-refractivity contribution < 1.29 is 14.3 Å². The second-order valence-electron chi connectivity index (χ2n) is 7.96. The summed E-state index contributed by atoms with van der Waals surface area (Å²) in [6.07, 6.45) is 7.69. The first-order valence-corrected chi connectivity index (χ1v) is 11.3. The Balaban J connectivity index is 1.40. The number of carbonyl (C=O) groups excluding carboxylic acids is 1. The van der Waals surface area contributed by atoms with Crippen molar-refractivity contribution in [3.8, 4) is 11.5 Å². The molecule has 0 unspecified atom stereocenters. The largest absolute Gasteiger partial charge is 0.486 e. The van der Waals surface area contributed by atoms with E-state index in [4.69, 9.17) is 9.47 Å². The molecule has 5 rings (SSSR count). The van der Waals surface area contributed by atoms with Crippen LogP contribution in [0, 0.1) is 0 Å². The van der Waals surface area contributed by atoms with Gasteiger partial charge in [0.25, 0.3) is 5.91 Å². The molecule has 6 heteroatoms. The van der Waals surface area contributed by atoms with Crippen molar-refractivity contribution in [2.75, 3.05) is 24.7 Å². The Bertz CT molecular complexity index is 1270. The molecule has 2 heterocycles. The Morgan fingerprint density at radius 3 is 2.50 bits per heavy atom. The first kappa shape index (κ1) is 21.5. The molecule has 0 atom stereocenters. The molecule has 1 amide bonds. The number of amides is 1. The zero-order chi connectivity index (χ0) is 23.2. The standard InChI is InChI=1S/C28H25N3O3/c32-28(24-11-9-23(10-12-24)21-30-16-5-15-29-30)31(17-4-8-22-6-2-1-3-7-22)25-13-14-26-27(20-25)34-19-18-33-26/h1-16,20H,17-19,21H2. The molecule has 6 nitrogen and oxygen atoms in total. The van der Waals surface area contributed by atoms with Gasteiger partial charge >= 0.3 is 0 Å². The maximum Gasteiger partial charge on any atom is 0.258 e. The third-order valence-electron chi connectivity index (χ3n) is 5.59. The van der Waals surface area contributed by atoms with Crippen molar-refractivity contribution in [2.45, 2.75) is 6.54 Å². The number of aromatic nitrogens is 2. The lowest BCUT2D eigenvalue weighted by molar-refractivity contribution is 0.0989. The Labute approximate surface area is 198 Å². The van der Waals surface area contributed by atoms with Crippen molar-refractivity contribution >= 4 is 17.7 Å². The molecule has 3 aromatic carbocycles. The number of hydrogen-bond donors (Lipinski definition) is 0. The van der Waals surface area contributed by atoms with Gasteiger partial charge in [0.1, 0.15) is 13.2 Å². The van der Waals surface area contributed by atoms with E-state index in [1.807, 2.05) is 102 Å². The van der Waals surface area contributed by atoms with Gasteiger partial charge in [0, 0.05) is 36.3 Å². The Morgan fingerprint density at radius 1 is 0.941 bits per heavy atom. The van der Waals surface area contributed by atoms with Gasteiger partial charge in [0.05, 0.1) is 6.54 Å². The summed E-state index contributed by atoms with van der Waals surface area (Å²) in [4.78, 5) is 15.3. The van der Waals surface area contributed by atoms with Crippen LogP contribution in [0.5, 0.6) is 11.5 Å². The number of carbonyl (C=O) groups is 1. The first-order valence-electron chi connectivity index (χ1n) is 11.3. The fraction of sp³-hybridized carbons (Fsp3) is 0.143. The van der Waals surface area contributed by atoms with Gasteiger partial charge in [-0.05, 0) is 41.5 Å². The average molecular weight is 452 g/mol. The summed E-state index contributed by atoms with van der Waals surface area (Å²) in [5, 5.41) is 4.24. The molecule has 1 aliphatic heterocycles. The number of rotatable bonds is 7. The number of ether oxygens (including phenoxy) is 2. The van der Waals surface area contributed by atoms with E-state index in [-0.39, 0.29) is 5.91 Å². The van der Waals surface area contributed by atoms with Gasteiger partial charge < -0.3 is 14.4 Å².